The third-order valence-corrected chi connectivity index (χ3v) is 7.92. The normalized spacial score (nSPS) is 23.6. The number of piperidine rings is 1. The molecule has 0 saturated carbocycles. The second-order valence-corrected chi connectivity index (χ2v) is 10.6. The van der Waals surface area contributed by atoms with E-state index in [2.05, 4.69) is 30.1 Å². The van der Waals surface area contributed by atoms with Crippen LogP contribution in [0.5, 0.6) is 0 Å². The van der Waals surface area contributed by atoms with Crippen molar-refractivity contribution in [2.45, 2.75) is 65.6 Å². The lowest BCUT2D eigenvalue weighted by molar-refractivity contribution is 0.101. The van der Waals surface area contributed by atoms with Crippen LogP contribution in [0.1, 0.15) is 58.8 Å². The first-order valence-electron chi connectivity index (χ1n) is 9.95. The predicted octanol–water partition coefficient (Wildman–Crippen LogP) is 2.56. The van der Waals surface area contributed by atoms with Crippen LogP contribution in [0.2, 0.25) is 0 Å². The molecule has 0 amide bonds. The largest absolute Gasteiger partial charge is 0.310 e. The number of benzene rings is 1. The molecule has 1 aromatic rings. The molecule has 2 heterocycles. The van der Waals surface area contributed by atoms with Gasteiger partial charge in [0.1, 0.15) is 0 Å². The van der Waals surface area contributed by atoms with Crippen molar-refractivity contribution in [3.05, 3.63) is 33.9 Å². The van der Waals surface area contributed by atoms with Gasteiger partial charge in [-0.25, -0.2) is 8.42 Å². The summed E-state index contributed by atoms with van der Waals surface area (Å²) < 4.78 is 23.3. The van der Waals surface area contributed by atoms with Gasteiger partial charge >= 0.3 is 0 Å². The number of sulfone groups is 1. The number of carbonyl (C=O) groups is 1. The summed E-state index contributed by atoms with van der Waals surface area (Å²) in [5.41, 5.74) is 5.59. The number of rotatable bonds is 5. The van der Waals surface area contributed by atoms with Crippen LogP contribution < -0.4 is 5.32 Å². The molecule has 6 heteroatoms. The topological polar surface area (TPSA) is 66.5 Å². The average Bonchev–Trinajstić information content (AvgIpc) is 2.91. The van der Waals surface area contributed by atoms with E-state index < -0.39 is 9.84 Å². The third-order valence-electron chi connectivity index (χ3n) is 6.16. The molecule has 0 bridgehead atoms. The number of Topliss-reactive ketones (excluding diaryl/α,β-unsaturated/α-hetero) is 1. The number of nitrogens with zero attached hydrogens (tertiary/aromatic N) is 1. The highest BCUT2D eigenvalue weighted by molar-refractivity contribution is 7.91. The molecule has 1 atom stereocenters. The summed E-state index contributed by atoms with van der Waals surface area (Å²) in [5.74, 6) is 0.761. The second kappa shape index (κ2) is 8.02. The Bertz CT molecular complexity index is 824. The molecule has 0 spiro atoms. The van der Waals surface area contributed by atoms with Gasteiger partial charge in [-0.05, 0) is 82.3 Å². The molecule has 0 unspecified atom stereocenters. The maximum absolute atomic E-state index is 12.0. The average molecular weight is 393 g/mol. The standard InChI is InChI=1S/C21H32N2O3S/c1-14-11-15(2)21(17(4)24)16(3)20(14)12-23-8-5-18(6-9-23)22-19-7-10-27(25,26)13-19/h11,18-19,22H,5-10,12-13H2,1-4H3/t19-/m1/s1. The number of hydrogen-bond acceptors (Lipinski definition) is 5. The molecule has 2 saturated heterocycles. The van der Waals surface area contributed by atoms with Crippen LogP contribution >= 0.6 is 0 Å². The minimum absolute atomic E-state index is 0.131. The van der Waals surface area contributed by atoms with E-state index in [0.29, 0.717) is 17.5 Å². The summed E-state index contributed by atoms with van der Waals surface area (Å²) in [6.07, 6.45) is 2.83. The van der Waals surface area contributed by atoms with Crippen LogP contribution in [0.4, 0.5) is 0 Å². The first kappa shape index (κ1) is 20.5. The Morgan fingerprint density at radius 2 is 1.78 bits per heavy atom. The van der Waals surface area contributed by atoms with Gasteiger partial charge < -0.3 is 5.32 Å². The Labute approximate surface area is 163 Å². The Morgan fingerprint density at radius 3 is 2.33 bits per heavy atom. The summed E-state index contributed by atoms with van der Waals surface area (Å²) in [5, 5.41) is 3.56. The van der Waals surface area contributed by atoms with Crippen molar-refractivity contribution >= 4 is 15.6 Å². The van der Waals surface area contributed by atoms with Crippen molar-refractivity contribution in [3.8, 4) is 0 Å². The van der Waals surface area contributed by atoms with Crippen LogP contribution in [-0.2, 0) is 16.4 Å². The number of nitrogens with one attached hydrogen (secondary N) is 1. The molecular formula is C21H32N2O3S. The Morgan fingerprint density at radius 1 is 1.11 bits per heavy atom. The van der Waals surface area contributed by atoms with Crippen LogP contribution in [-0.4, -0.2) is 55.8 Å². The maximum atomic E-state index is 12.0. The van der Waals surface area contributed by atoms with Crippen molar-refractivity contribution in [3.63, 3.8) is 0 Å². The lowest BCUT2D eigenvalue weighted by Gasteiger charge is -2.34. The fourth-order valence-electron chi connectivity index (χ4n) is 4.75. The zero-order valence-electron chi connectivity index (χ0n) is 17.0. The Balaban J connectivity index is 1.60. The van der Waals surface area contributed by atoms with E-state index in [-0.39, 0.29) is 11.8 Å². The molecule has 1 aromatic carbocycles. The fraction of sp³-hybridized carbons (Fsp3) is 0.667. The molecule has 0 aliphatic carbocycles. The van der Waals surface area contributed by atoms with Crippen molar-refractivity contribution in [2.75, 3.05) is 24.6 Å². The second-order valence-electron chi connectivity index (χ2n) is 8.36. The van der Waals surface area contributed by atoms with Gasteiger partial charge in [-0.15, -0.1) is 0 Å². The minimum Gasteiger partial charge on any atom is -0.310 e. The van der Waals surface area contributed by atoms with E-state index in [1.165, 1.54) is 11.1 Å². The molecule has 1 N–H and O–H groups in total. The van der Waals surface area contributed by atoms with Gasteiger partial charge in [-0.2, -0.15) is 0 Å². The first-order chi connectivity index (χ1) is 12.7. The van der Waals surface area contributed by atoms with Crippen LogP contribution in [0.25, 0.3) is 0 Å². The Kier molecular flexibility index (Phi) is 6.08. The molecule has 2 aliphatic heterocycles. The predicted molar refractivity (Wildman–Crippen MR) is 109 cm³/mol. The third kappa shape index (κ3) is 4.79. The summed E-state index contributed by atoms with van der Waals surface area (Å²) >= 11 is 0. The molecule has 27 heavy (non-hydrogen) atoms. The van der Waals surface area contributed by atoms with E-state index >= 15 is 0 Å². The summed E-state index contributed by atoms with van der Waals surface area (Å²) in [6, 6.07) is 2.67. The number of likely N-dealkylation sites (tertiary alicyclic amines) is 1. The fourth-order valence-corrected chi connectivity index (χ4v) is 6.44. The zero-order valence-corrected chi connectivity index (χ0v) is 17.8. The monoisotopic (exact) mass is 392 g/mol. The van der Waals surface area contributed by atoms with Gasteiger partial charge in [-0.1, -0.05) is 6.07 Å². The summed E-state index contributed by atoms with van der Waals surface area (Å²) in [6.45, 7) is 10.7. The lowest BCUT2D eigenvalue weighted by Crippen LogP contribution is -2.46. The van der Waals surface area contributed by atoms with Gasteiger partial charge in [0.2, 0.25) is 0 Å². The first-order valence-corrected chi connectivity index (χ1v) is 11.8. The van der Waals surface area contributed by atoms with E-state index in [9.17, 15) is 13.2 Å². The van der Waals surface area contributed by atoms with Crippen molar-refractivity contribution in [1.82, 2.24) is 10.2 Å². The van der Waals surface area contributed by atoms with Gasteiger partial charge in [0.25, 0.3) is 0 Å². The van der Waals surface area contributed by atoms with Crippen molar-refractivity contribution < 1.29 is 13.2 Å². The van der Waals surface area contributed by atoms with Crippen LogP contribution in [0, 0.1) is 20.8 Å². The molecule has 3 rings (SSSR count). The number of carbonyl (C=O) groups excluding carboxylic acids is 1. The smallest absolute Gasteiger partial charge is 0.160 e. The molecule has 0 aromatic heterocycles. The van der Waals surface area contributed by atoms with Gasteiger partial charge in [0.15, 0.2) is 15.6 Å². The number of hydrogen-bond donors (Lipinski definition) is 1. The highest BCUT2D eigenvalue weighted by Gasteiger charge is 2.30. The number of aryl methyl sites for hydroxylation is 2. The molecule has 2 aliphatic rings. The highest BCUT2D eigenvalue weighted by Crippen LogP contribution is 2.25. The molecule has 0 radical (unpaired) electrons. The SMILES string of the molecule is CC(=O)c1c(C)cc(C)c(CN2CCC(N[C@@H]3CCS(=O)(=O)C3)CC2)c1C. The van der Waals surface area contributed by atoms with Crippen LogP contribution in [0.15, 0.2) is 6.07 Å². The highest BCUT2D eigenvalue weighted by atomic mass is 32.2. The summed E-state index contributed by atoms with van der Waals surface area (Å²) in [4.78, 5) is 14.5. The Hall–Kier alpha value is -1.24. The zero-order chi connectivity index (χ0) is 19.8. The van der Waals surface area contributed by atoms with Crippen molar-refractivity contribution in [1.29, 1.82) is 0 Å². The van der Waals surface area contributed by atoms with Crippen LogP contribution in [0.3, 0.4) is 0 Å². The number of ketones is 1. The summed E-state index contributed by atoms with van der Waals surface area (Å²) in [7, 11) is -2.82. The maximum Gasteiger partial charge on any atom is 0.160 e. The van der Waals surface area contributed by atoms with E-state index in [4.69, 9.17) is 0 Å². The quantitative estimate of drug-likeness (QED) is 0.780. The van der Waals surface area contributed by atoms with Gasteiger partial charge in [0, 0.05) is 24.2 Å². The van der Waals surface area contributed by atoms with E-state index in [1.807, 2.05) is 6.92 Å². The molecule has 2 fully saturated rings. The minimum atomic E-state index is -2.82. The van der Waals surface area contributed by atoms with Gasteiger partial charge in [-0.3, -0.25) is 9.69 Å². The van der Waals surface area contributed by atoms with Gasteiger partial charge in [0.05, 0.1) is 11.5 Å². The lowest BCUT2D eigenvalue weighted by atomic mass is 9.91. The van der Waals surface area contributed by atoms with Crippen molar-refractivity contribution in [2.24, 2.45) is 0 Å². The van der Waals surface area contributed by atoms with E-state index in [1.54, 1.807) is 6.92 Å². The van der Waals surface area contributed by atoms with E-state index in [0.717, 1.165) is 55.6 Å². The molecule has 5 nitrogen and oxygen atoms in total. The molecule has 150 valence electrons. The molecular weight excluding hydrogens is 360 g/mol.